The highest BCUT2D eigenvalue weighted by Crippen LogP contribution is 2.21. The van der Waals surface area contributed by atoms with Gasteiger partial charge in [-0.1, -0.05) is 24.3 Å². The average Bonchev–Trinajstić information content (AvgIpc) is 2.50. The van der Waals surface area contributed by atoms with Crippen LogP contribution in [0.25, 0.3) is 10.8 Å². The smallest absolute Gasteiger partial charge is 0.336 e. The Labute approximate surface area is 121 Å². The fourth-order valence-electron chi connectivity index (χ4n) is 1.96. The average molecular weight is 288 g/mol. The van der Waals surface area contributed by atoms with E-state index in [1.165, 1.54) is 0 Å². The number of fused-ring (bicyclic) bond motifs is 1. The second-order valence-corrected chi connectivity index (χ2v) is 4.54. The van der Waals surface area contributed by atoms with Gasteiger partial charge in [-0.15, -0.1) is 0 Å². The number of aliphatic hydroxyl groups excluding tert-OH is 1. The van der Waals surface area contributed by atoms with Crippen LogP contribution in [0.2, 0.25) is 0 Å². The number of hydrogen-bond acceptors (Lipinski definition) is 5. The Bertz CT molecular complexity index is 684. The van der Waals surface area contributed by atoms with Crippen molar-refractivity contribution in [1.82, 2.24) is 5.32 Å². The van der Waals surface area contributed by atoms with Gasteiger partial charge in [0.25, 0.3) is 5.91 Å². The van der Waals surface area contributed by atoms with Crippen molar-refractivity contribution in [2.75, 3.05) is 19.4 Å². The van der Waals surface area contributed by atoms with Crippen molar-refractivity contribution < 1.29 is 19.4 Å². The second-order valence-electron chi connectivity index (χ2n) is 4.54. The number of aliphatic hydroxyl groups is 1. The lowest BCUT2D eigenvalue weighted by Crippen LogP contribution is -2.37. The SMILES string of the molecule is COC(=O)C(O)CNC(=O)c1cc2ccccc2cc1N. The summed E-state index contributed by atoms with van der Waals surface area (Å²) in [5.74, 6) is -1.26. The molecular weight excluding hydrogens is 272 g/mol. The molecule has 0 radical (unpaired) electrons. The van der Waals surface area contributed by atoms with Crippen molar-refractivity contribution >= 4 is 28.3 Å². The summed E-state index contributed by atoms with van der Waals surface area (Å²) in [6.07, 6.45) is -1.40. The van der Waals surface area contributed by atoms with Crippen molar-refractivity contribution in [3.63, 3.8) is 0 Å². The third-order valence-corrected chi connectivity index (χ3v) is 3.09. The number of anilines is 1. The number of nitrogens with one attached hydrogen (secondary N) is 1. The van der Waals surface area contributed by atoms with Crippen LogP contribution >= 0.6 is 0 Å². The molecule has 2 aromatic rings. The van der Waals surface area contributed by atoms with Crippen LogP contribution < -0.4 is 11.1 Å². The number of benzene rings is 2. The predicted molar refractivity (Wildman–Crippen MR) is 78.7 cm³/mol. The third kappa shape index (κ3) is 3.29. The van der Waals surface area contributed by atoms with E-state index in [0.29, 0.717) is 11.3 Å². The fourth-order valence-corrected chi connectivity index (χ4v) is 1.96. The topological polar surface area (TPSA) is 102 Å². The summed E-state index contributed by atoms with van der Waals surface area (Å²) in [5.41, 5.74) is 6.49. The molecule has 0 spiro atoms. The van der Waals surface area contributed by atoms with Gasteiger partial charge in [0.2, 0.25) is 0 Å². The quantitative estimate of drug-likeness (QED) is 0.567. The lowest BCUT2D eigenvalue weighted by molar-refractivity contribution is -0.149. The normalized spacial score (nSPS) is 11.9. The molecular formula is C15H16N2O4. The van der Waals surface area contributed by atoms with Crippen LogP contribution in [0.5, 0.6) is 0 Å². The first-order chi connectivity index (χ1) is 10.0. The molecule has 2 aromatic carbocycles. The summed E-state index contributed by atoms with van der Waals surface area (Å²) < 4.78 is 4.37. The first-order valence-electron chi connectivity index (χ1n) is 6.35. The standard InChI is InChI=1S/C15H16N2O4/c1-21-15(20)13(18)8-17-14(19)11-6-9-4-2-3-5-10(9)7-12(11)16/h2-7,13,18H,8,16H2,1H3,(H,17,19). The summed E-state index contributed by atoms with van der Waals surface area (Å²) in [7, 11) is 1.16. The Morgan fingerprint density at radius 1 is 1.29 bits per heavy atom. The molecule has 0 bridgehead atoms. The number of carbonyl (C=O) groups excluding carboxylic acids is 2. The van der Waals surface area contributed by atoms with E-state index < -0.39 is 18.0 Å². The van der Waals surface area contributed by atoms with E-state index in [1.54, 1.807) is 12.1 Å². The Kier molecular flexibility index (Phi) is 4.39. The van der Waals surface area contributed by atoms with Gasteiger partial charge in [0.15, 0.2) is 6.10 Å². The van der Waals surface area contributed by atoms with E-state index in [1.807, 2.05) is 24.3 Å². The van der Waals surface area contributed by atoms with Gasteiger partial charge in [-0.3, -0.25) is 4.79 Å². The molecule has 0 saturated heterocycles. The molecule has 1 atom stereocenters. The van der Waals surface area contributed by atoms with Gasteiger partial charge in [-0.05, 0) is 22.9 Å². The maximum atomic E-state index is 12.1. The number of hydrogen-bond donors (Lipinski definition) is 3. The van der Waals surface area contributed by atoms with Crippen LogP contribution in [0.3, 0.4) is 0 Å². The van der Waals surface area contributed by atoms with E-state index in [2.05, 4.69) is 10.1 Å². The molecule has 1 unspecified atom stereocenters. The molecule has 0 aliphatic heterocycles. The van der Waals surface area contributed by atoms with Gasteiger partial charge in [-0.2, -0.15) is 0 Å². The second kappa shape index (κ2) is 6.23. The minimum absolute atomic E-state index is 0.238. The summed E-state index contributed by atoms with van der Waals surface area (Å²) in [4.78, 5) is 23.1. The number of esters is 1. The number of rotatable bonds is 4. The molecule has 1 amide bonds. The van der Waals surface area contributed by atoms with Crippen LogP contribution in [0, 0.1) is 0 Å². The van der Waals surface area contributed by atoms with E-state index in [0.717, 1.165) is 17.9 Å². The van der Waals surface area contributed by atoms with Crippen molar-refractivity contribution in [3.05, 3.63) is 42.0 Å². The zero-order valence-corrected chi connectivity index (χ0v) is 11.5. The predicted octanol–water partition coefficient (Wildman–Crippen LogP) is 0.686. The first-order valence-corrected chi connectivity index (χ1v) is 6.35. The zero-order valence-electron chi connectivity index (χ0n) is 11.5. The van der Waals surface area contributed by atoms with Crippen molar-refractivity contribution in [1.29, 1.82) is 0 Å². The van der Waals surface area contributed by atoms with Gasteiger partial charge >= 0.3 is 5.97 Å². The van der Waals surface area contributed by atoms with E-state index >= 15 is 0 Å². The van der Waals surface area contributed by atoms with Crippen LogP contribution in [-0.4, -0.2) is 36.7 Å². The van der Waals surface area contributed by atoms with Gasteiger partial charge in [0.05, 0.1) is 19.2 Å². The molecule has 0 heterocycles. The summed E-state index contributed by atoms with van der Waals surface area (Å²) in [6, 6.07) is 10.9. The monoisotopic (exact) mass is 288 g/mol. The minimum atomic E-state index is -1.40. The fraction of sp³-hybridized carbons (Fsp3) is 0.200. The Balaban J connectivity index is 2.16. The molecule has 0 aliphatic carbocycles. The summed E-state index contributed by atoms with van der Waals surface area (Å²) in [6.45, 7) is -0.238. The molecule has 0 aliphatic rings. The lowest BCUT2D eigenvalue weighted by Gasteiger charge is -2.11. The Hall–Kier alpha value is -2.60. The minimum Gasteiger partial charge on any atom is -0.467 e. The molecule has 2 rings (SSSR count). The third-order valence-electron chi connectivity index (χ3n) is 3.09. The number of ether oxygens (including phenoxy) is 1. The van der Waals surface area contributed by atoms with E-state index in [9.17, 15) is 14.7 Å². The lowest BCUT2D eigenvalue weighted by atomic mass is 10.0. The van der Waals surface area contributed by atoms with Gasteiger partial charge in [0, 0.05) is 5.69 Å². The molecule has 4 N–H and O–H groups in total. The highest BCUT2D eigenvalue weighted by Gasteiger charge is 2.18. The largest absolute Gasteiger partial charge is 0.467 e. The molecule has 0 aromatic heterocycles. The van der Waals surface area contributed by atoms with Crippen molar-refractivity contribution in [2.24, 2.45) is 0 Å². The van der Waals surface area contributed by atoms with Gasteiger partial charge in [-0.25, -0.2) is 4.79 Å². The number of nitrogens with two attached hydrogens (primary N) is 1. The number of methoxy groups -OCH3 is 1. The molecule has 0 fully saturated rings. The number of amides is 1. The maximum absolute atomic E-state index is 12.1. The van der Waals surface area contributed by atoms with E-state index in [4.69, 9.17) is 5.73 Å². The van der Waals surface area contributed by atoms with Crippen molar-refractivity contribution in [3.8, 4) is 0 Å². The van der Waals surface area contributed by atoms with Gasteiger partial charge in [0.1, 0.15) is 0 Å². The molecule has 6 heteroatoms. The Morgan fingerprint density at radius 2 is 1.90 bits per heavy atom. The van der Waals surface area contributed by atoms with Crippen LogP contribution in [-0.2, 0) is 9.53 Å². The van der Waals surface area contributed by atoms with Crippen LogP contribution in [0.15, 0.2) is 36.4 Å². The summed E-state index contributed by atoms with van der Waals surface area (Å²) in [5, 5.41) is 13.7. The molecule has 0 saturated carbocycles. The highest BCUT2D eigenvalue weighted by atomic mass is 16.5. The molecule has 110 valence electrons. The summed E-state index contributed by atoms with van der Waals surface area (Å²) >= 11 is 0. The molecule has 21 heavy (non-hydrogen) atoms. The number of carbonyl (C=O) groups is 2. The van der Waals surface area contributed by atoms with Crippen LogP contribution in [0.4, 0.5) is 5.69 Å². The Morgan fingerprint density at radius 3 is 2.52 bits per heavy atom. The van der Waals surface area contributed by atoms with Gasteiger partial charge < -0.3 is 20.9 Å². The van der Waals surface area contributed by atoms with Crippen LogP contribution in [0.1, 0.15) is 10.4 Å². The molecule has 6 nitrogen and oxygen atoms in total. The zero-order chi connectivity index (χ0) is 15.4. The number of nitrogen functional groups attached to an aromatic ring is 1. The maximum Gasteiger partial charge on any atom is 0.336 e. The highest BCUT2D eigenvalue weighted by molar-refractivity contribution is 6.04. The van der Waals surface area contributed by atoms with E-state index in [-0.39, 0.29) is 6.54 Å². The van der Waals surface area contributed by atoms with Crippen molar-refractivity contribution in [2.45, 2.75) is 6.10 Å². The first kappa shape index (κ1) is 14.8.